The molecule has 0 N–H and O–H groups in total. The SMILES string of the molecule is COc1ccc(Br)cc1C=C1SC(=Nc2ccccc2)N(Cc2ccccc2)C1=O. The number of thioether (sulfide) groups is 1. The zero-order valence-corrected chi connectivity index (χ0v) is 18.7. The van der Waals surface area contributed by atoms with E-state index in [0.717, 1.165) is 21.3 Å². The average Bonchev–Trinajstić information content (AvgIpc) is 3.04. The summed E-state index contributed by atoms with van der Waals surface area (Å²) >= 11 is 4.87. The standard InChI is InChI=1S/C24H19BrN2O2S/c1-29-21-13-12-19(25)14-18(21)15-22-23(28)27(16-17-8-4-2-5-9-17)24(30-22)26-20-10-6-3-7-11-20/h2-15H,16H2,1H3. The molecule has 4 rings (SSSR count). The molecule has 0 radical (unpaired) electrons. The number of methoxy groups -OCH3 is 1. The van der Waals surface area contributed by atoms with Crippen molar-refractivity contribution in [1.82, 2.24) is 4.90 Å². The van der Waals surface area contributed by atoms with Gasteiger partial charge in [-0.3, -0.25) is 9.69 Å². The molecule has 6 heteroatoms. The first-order valence-corrected chi connectivity index (χ1v) is 11.0. The third kappa shape index (κ3) is 4.66. The molecule has 1 fully saturated rings. The summed E-state index contributed by atoms with van der Waals surface area (Å²) in [6.07, 6.45) is 1.86. The Labute approximate surface area is 188 Å². The van der Waals surface area contributed by atoms with Gasteiger partial charge in [0.1, 0.15) is 5.75 Å². The number of para-hydroxylation sites is 1. The van der Waals surface area contributed by atoms with Gasteiger partial charge < -0.3 is 4.74 Å². The number of ether oxygens (including phenoxy) is 1. The lowest BCUT2D eigenvalue weighted by atomic mass is 10.1. The summed E-state index contributed by atoms with van der Waals surface area (Å²) in [5, 5.41) is 0.662. The monoisotopic (exact) mass is 478 g/mol. The van der Waals surface area contributed by atoms with Gasteiger partial charge in [0.25, 0.3) is 5.91 Å². The highest BCUT2D eigenvalue weighted by Gasteiger charge is 2.33. The number of amidine groups is 1. The van der Waals surface area contributed by atoms with Crippen LogP contribution >= 0.6 is 27.7 Å². The lowest BCUT2D eigenvalue weighted by molar-refractivity contribution is -0.122. The molecule has 0 aliphatic carbocycles. The molecule has 3 aromatic carbocycles. The van der Waals surface area contributed by atoms with Gasteiger partial charge in [0.05, 0.1) is 24.2 Å². The van der Waals surface area contributed by atoms with E-state index in [-0.39, 0.29) is 5.91 Å². The van der Waals surface area contributed by atoms with Gasteiger partial charge in [-0.15, -0.1) is 0 Å². The van der Waals surface area contributed by atoms with Crippen LogP contribution in [-0.4, -0.2) is 23.1 Å². The maximum absolute atomic E-state index is 13.3. The lowest BCUT2D eigenvalue weighted by Crippen LogP contribution is -2.28. The molecule has 1 aliphatic heterocycles. The number of rotatable bonds is 5. The molecule has 1 heterocycles. The average molecular weight is 479 g/mol. The van der Waals surface area contributed by atoms with Gasteiger partial charge >= 0.3 is 0 Å². The number of aliphatic imine (C=N–C) groups is 1. The second kappa shape index (κ2) is 9.32. The molecule has 0 saturated carbocycles. The summed E-state index contributed by atoms with van der Waals surface area (Å²) in [4.78, 5) is 20.4. The minimum atomic E-state index is -0.0689. The van der Waals surface area contributed by atoms with Crippen LogP contribution in [0.5, 0.6) is 5.75 Å². The predicted molar refractivity (Wildman–Crippen MR) is 127 cm³/mol. The Morgan fingerprint density at radius 1 is 1.03 bits per heavy atom. The number of benzene rings is 3. The Kier molecular flexibility index (Phi) is 6.35. The molecule has 1 amide bonds. The van der Waals surface area contributed by atoms with Crippen molar-refractivity contribution in [3.05, 3.63) is 99.4 Å². The van der Waals surface area contributed by atoms with Crippen LogP contribution in [0.15, 0.2) is 93.2 Å². The van der Waals surface area contributed by atoms with E-state index in [1.165, 1.54) is 11.8 Å². The van der Waals surface area contributed by atoms with Crippen LogP contribution in [0.2, 0.25) is 0 Å². The van der Waals surface area contributed by atoms with Crippen molar-refractivity contribution in [3.63, 3.8) is 0 Å². The van der Waals surface area contributed by atoms with E-state index in [2.05, 4.69) is 15.9 Å². The molecule has 3 aromatic rings. The summed E-state index contributed by atoms with van der Waals surface area (Å²) in [5.74, 6) is 0.641. The van der Waals surface area contributed by atoms with Gasteiger partial charge in [0.2, 0.25) is 0 Å². The fraction of sp³-hybridized carbons (Fsp3) is 0.0833. The van der Waals surface area contributed by atoms with E-state index in [0.29, 0.717) is 22.4 Å². The summed E-state index contributed by atoms with van der Waals surface area (Å²) in [5.41, 5.74) is 2.70. The third-order valence-corrected chi connectivity index (χ3v) is 6.03. The maximum Gasteiger partial charge on any atom is 0.267 e. The zero-order chi connectivity index (χ0) is 20.9. The largest absolute Gasteiger partial charge is 0.496 e. The number of hydrogen-bond acceptors (Lipinski definition) is 4. The van der Waals surface area contributed by atoms with E-state index in [1.807, 2.05) is 84.9 Å². The van der Waals surface area contributed by atoms with Crippen molar-refractivity contribution in [2.24, 2.45) is 4.99 Å². The summed E-state index contributed by atoms with van der Waals surface area (Å²) in [7, 11) is 1.62. The summed E-state index contributed by atoms with van der Waals surface area (Å²) in [6, 6.07) is 25.3. The third-order valence-electron chi connectivity index (χ3n) is 4.53. The number of nitrogens with zero attached hydrogens (tertiary/aromatic N) is 2. The molecule has 0 aromatic heterocycles. The Morgan fingerprint density at radius 2 is 1.73 bits per heavy atom. The van der Waals surface area contributed by atoms with E-state index in [4.69, 9.17) is 9.73 Å². The maximum atomic E-state index is 13.3. The normalized spacial score (nSPS) is 16.5. The van der Waals surface area contributed by atoms with Gasteiger partial charge in [-0.2, -0.15) is 0 Å². The van der Waals surface area contributed by atoms with Crippen molar-refractivity contribution in [3.8, 4) is 5.75 Å². The Hall–Kier alpha value is -2.83. The zero-order valence-electron chi connectivity index (χ0n) is 16.3. The van der Waals surface area contributed by atoms with Crippen molar-refractivity contribution in [1.29, 1.82) is 0 Å². The van der Waals surface area contributed by atoms with Crippen LogP contribution in [0, 0.1) is 0 Å². The predicted octanol–water partition coefficient (Wildman–Crippen LogP) is 6.26. The van der Waals surface area contributed by atoms with Crippen molar-refractivity contribution >= 4 is 50.5 Å². The van der Waals surface area contributed by atoms with Gasteiger partial charge in [0, 0.05) is 10.0 Å². The molecule has 150 valence electrons. The fourth-order valence-corrected chi connectivity index (χ4v) is 4.44. The number of halogens is 1. The van der Waals surface area contributed by atoms with E-state index in [1.54, 1.807) is 12.0 Å². The highest BCUT2D eigenvalue weighted by molar-refractivity contribution is 9.10. The highest BCUT2D eigenvalue weighted by Crippen LogP contribution is 2.37. The van der Waals surface area contributed by atoms with Crippen LogP contribution in [0.1, 0.15) is 11.1 Å². The molecule has 0 atom stereocenters. The first kappa shape index (κ1) is 20.4. The minimum absolute atomic E-state index is 0.0689. The number of amides is 1. The fourth-order valence-electron chi connectivity index (χ4n) is 3.07. The molecular formula is C24H19BrN2O2S. The first-order chi connectivity index (χ1) is 14.6. The smallest absolute Gasteiger partial charge is 0.267 e. The van der Waals surface area contributed by atoms with Crippen LogP contribution in [-0.2, 0) is 11.3 Å². The molecule has 30 heavy (non-hydrogen) atoms. The van der Waals surface area contributed by atoms with Crippen LogP contribution in [0.4, 0.5) is 5.69 Å². The molecule has 0 spiro atoms. The second-order valence-electron chi connectivity index (χ2n) is 6.60. The first-order valence-electron chi connectivity index (χ1n) is 9.36. The van der Waals surface area contributed by atoms with Gasteiger partial charge in [-0.25, -0.2) is 4.99 Å². The highest BCUT2D eigenvalue weighted by atomic mass is 79.9. The minimum Gasteiger partial charge on any atom is -0.496 e. The lowest BCUT2D eigenvalue weighted by Gasteiger charge is -2.15. The quantitative estimate of drug-likeness (QED) is 0.406. The van der Waals surface area contributed by atoms with Crippen LogP contribution in [0.25, 0.3) is 6.08 Å². The van der Waals surface area contributed by atoms with Crippen LogP contribution in [0.3, 0.4) is 0 Å². The molecular weight excluding hydrogens is 460 g/mol. The van der Waals surface area contributed by atoms with Crippen molar-refractivity contribution in [2.45, 2.75) is 6.54 Å². The van der Waals surface area contributed by atoms with Gasteiger partial charge in [-0.1, -0.05) is 64.5 Å². The number of carbonyl (C=O) groups excluding carboxylic acids is 1. The number of hydrogen-bond donors (Lipinski definition) is 0. The summed E-state index contributed by atoms with van der Waals surface area (Å²) in [6.45, 7) is 0.464. The van der Waals surface area contributed by atoms with E-state index in [9.17, 15) is 4.79 Å². The van der Waals surface area contributed by atoms with E-state index < -0.39 is 0 Å². The van der Waals surface area contributed by atoms with Gasteiger partial charge in [0.15, 0.2) is 5.17 Å². The Bertz CT molecular complexity index is 1110. The molecule has 1 aliphatic rings. The Morgan fingerprint density at radius 3 is 2.43 bits per heavy atom. The molecule has 4 nitrogen and oxygen atoms in total. The van der Waals surface area contributed by atoms with Gasteiger partial charge in [-0.05, 0) is 53.7 Å². The molecule has 1 saturated heterocycles. The number of carbonyl (C=O) groups is 1. The molecule has 0 unspecified atom stereocenters. The molecule has 0 bridgehead atoms. The second-order valence-corrected chi connectivity index (χ2v) is 8.53. The van der Waals surface area contributed by atoms with Crippen LogP contribution < -0.4 is 4.74 Å². The van der Waals surface area contributed by atoms with Crippen molar-refractivity contribution in [2.75, 3.05) is 7.11 Å². The van der Waals surface area contributed by atoms with Crippen molar-refractivity contribution < 1.29 is 9.53 Å². The Balaban J connectivity index is 1.73. The van der Waals surface area contributed by atoms with E-state index >= 15 is 0 Å². The summed E-state index contributed by atoms with van der Waals surface area (Å²) < 4.78 is 6.38. The topological polar surface area (TPSA) is 41.9 Å².